The lowest BCUT2D eigenvalue weighted by Crippen LogP contribution is -2.32. The van der Waals surface area contributed by atoms with Crippen molar-refractivity contribution in [3.05, 3.63) is 48.0 Å². The van der Waals surface area contributed by atoms with Gasteiger partial charge >= 0.3 is 0 Å². The summed E-state index contributed by atoms with van der Waals surface area (Å²) in [7, 11) is 3.14. The van der Waals surface area contributed by atoms with E-state index in [1.54, 1.807) is 32.4 Å². The number of nitrogens with one attached hydrogen (secondary N) is 2. The predicted octanol–water partition coefficient (Wildman–Crippen LogP) is 3.45. The molecule has 0 aliphatic carbocycles. The van der Waals surface area contributed by atoms with E-state index in [0.717, 1.165) is 5.69 Å². The first-order valence-electron chi connectivity index (χ1n) is 7.39. The molecular formula is C18H22N2O3. The lowest BCUT2D eigenvalue weighted by Gasteiger charge is -2.17. The van der Waals surface area contributed by atoms with Crippen molar-refractivity contribution < 1.29 is 14.3 Å². The van der Waals surface area contributed by atoms with Gasteiger partial charge in [-0.3, -0.25) is 4.79 Å². The summed E-state index contributed by atoms with van der Waals surface area (Å²) < 4.78 is 10.4. The molecule has 23 heavy (non-hydrogen) atoms. The second-order valence-corrected chi connectivity index (χ2v) is 5.29. The molecule has 5 heteroatoms. The van der Waals surface area contributed by atoms with Crippen molar-refractivity contribution in [2.75, 3.05) is 24.9 Å². The minimum absolute atomic E-state index is 0.155. The zero-order valence-electron chi connectivity index (χ0n) is 13.8. The van der Waals surface area contributed by atoms with Gasteiger partial charge in [-0.25, -0.2) is 0 Å². The molecule has 0 saturated heterocycles. The van der Waals surface area contributed by atoms with Crippen molar-refractivity contribution in [1.29, 1.82) is 0 Å². The lowest BCUT2D eigenvalue weighted by atomic mass is 10.2. The first-order chi connectivity index (χ1) is 11.0. The Hall–Kier alpha value is -2.69. The van der Waals surface area contributed by atoms with Crippen molar-refractivity contribution in [2.24, 2.45) is 0 Å². The van der Waals surface area contributed by atoms with Crippen LogP contribution in [0.2, 0.25) is 0 Å². The van der Waals surface area contributed by atoms with Crippen LogP contribution in [0, 0.1) is 6.92 Å². The maximum absolute atomic E-state index is 12.4. The minimum Gasteiger partial charge on any atom is -0.497 e. The Labute approximate surface area is 136 Å². The molecule has 0 heterocycles. The Morgan fingerprint density at radius 3 is 2.35 bits per heavy atom. The molecule has 2 N–H and O–H groups in total. The summed E-state index contributed by atoms with van der Waals surface area (Å²) in [5, 5.41) is 6.03. The van der Waals surface area contributed by atoms with E-state index in [-0.39, 0.29) is 5.91 Å². The van der Waals surface area contributed by atoms with E-state index in [9.17, 15) is 4.79 Å². The van der Waals surface area contributed by atoms with Crippen LogP contribution in [-0.2, 0) is 4.79 Å². The van der Waals surface area contributed by atoms with Crippen LogP contribution in [0.3, 0.4) is 0 Å². The van der Waals surface area contributed by atoms with Crippen LogP contribution in [0.4, 0.5) is 11.4 Å². The number of amides is 1. The maximum Gasteiger partial charge on any atom is 0.246 e. The van der Waals surface area contributed by atoms with Gasteiger partial charge in [0.1, 0.15) is 17.5 Å². The third kappa shape index (κ3) is 4.39. The molecule has 0 radical (unpaired) electrons. The summed E-state index contributed by atoms with van der Waals surface area (Å²) in [6, 6.07) is 12.8. The van der Waals surface area contributed by atoms with Crippen LogP contribution in [-0.4, -0.2) is 26.2 Å². The summed E-state index contributed by atoms with van der Waals surface area (Å²) in [6.07, 6.45) is 0. The lowest BCUT2D eigenvalue weighted by molar-refractivity contribution is -0.116. The third-order valence-corrected chi connectivity index (χ3v) is 3.49. The second kappa shape index (κ2) is 7.54. The topological polar surface area (TPSA) is 59.6 Å². The Balaban J connectivity index is 2.07. The van der Waals surface area contributed by atoms with Gasteiger partial charge in [0, 0.05) is 11.8 Å². The fourth-order valence-electron chi connectivity index (χ4n) is 2.12. The number of benzene rings is 2. The number of anilines is 2. The van der Waals surface area contributed by atoms with E-state index < -0.39 is 6.04 Å². The molecule has 0 aliphatic rings. The minimum atomic E-state index is -0.395. The Bertz CT molecular complexity index is 668. The second-order valence-electron chi connectivity index (χ2n) is 5.29. The van der Waals surface area contributed by atoms with Crippen molar-refractivity contribution in [2.45, 2.75) is 19.9 Å². The number of methoxy groups -OCH3 is 2. The molecule has 0 fully saturated rings. The van der Waals surface area contributed by atoms with Crippen molar-refractivity contribution in [3.63, 3.8) is 0 Å². The predicted molar refractivity (Wildman–Crippen MR) is 92.4 cm³/mol. The summed E-state index contributed by atoms with van der Waals surface area (Å²) in [5.74, 6) is 1.08. The molecule has 1 amide bonds. The van der Waals surface area contributed by atoms with Crippen LogP contribution >= 0.6 is 0 Å². The molecule has 0 bridgehead atoms. The molecule has 0 spiro atoms. The monoisotopic (exact) mass is 314 g/mol. The number of aryl methyl sites for hydroxylation is 1. The highest BCUT2D eigenvalue weighted by molar-refractivity contribution is 5.97. The zero-order valence-corrected chi connectivity index (χ0v) is 13.8. The van der Waals surface area contributed by atoms with E-state index in [2.05, 4.69) is 10.6 Å². The summed E-state index contributed by atoms with van der Waals surface area (Å²) in [5.41, 5.74) is 2.65. The highest BCUT2D eigenvalue weighted by Crippen LogP contribution is 2.29. The fraction of sp³-hybridized carbons (Fsp3) is 0.278. The molecule has 0 aromatic heterocycles. The average molecular weight is 314 g/mol. The van der Waals surface area contributed by atoms with Crippen LogP contribution in [0.15, 0.2) is 42.5 Å². The highest BCUT2D eigenvalue weighted by atomic mass is 16.5. The Morgan fingerprint density at radius 1 is 1.04 bits per heavy atom. The zero-order chi connectivity index (χ0) is 16.8. The molecule has 5 nitrogen and oxygen atoms in total. The third-order valence-electron chi connectivity index (χ3n) is 3.49. The molecule has 2 aromatic rings. The van der Waals surface area contributed by atoms with Gasteiger partial charge in [-0.15, -0.1) is 0 Å². The van der Waals surface area contributed by atoms with Crippen LogP contribution in [0.1, 0.15) is 12.5 Å². The van der Waals surface area contributed by atoms with Crippen molar-refractivity contribution >= 4 is 17.3 Å². The normalized spacial score (nSPS) is 11.5. The van der Waals surface area contributed by atoms with E-state index in [1.165, 1.54) is 5.56 Å². The molecule has 1 unspecified atom stereocenters. The van der Waals surface area contributed by atoms with Gasteiger partial charge in [0.15, 0.2) is 0 Å². The van der Waals surface area contributed by atoms with Crippen LogP contribution in [0.5, 0.6) is 11.5 Å². The van der Waals surface area contributed by atoms with Gasteiger partial charge in [0.2, 0.25) is 5.91 Å². The quantitative estimate of drug-likeness (QED) is 0.857. The molecule has 2 rings (SSSR count). The van der Waals surface area contributed by atoms with Gasteiger partial charge in [-0.1, -0.05) is 17.7 Å². The van der Waals surface area contributed by atoms with Crippen molar-refractivity contribution in [3.8, 4) is 11.5 Å². The maximum atomic E-state index is 12.4. The van der Waals surface area contributed by atoms with Crippen molar-refractivity contribution in [1.82, 2.24) is 0 Å². The van der Waals surface area contributed by atoms with Gasteiger partial charge in [0.05, 0.1) is 19.9 Å². The molecule has 2 aromatic carbocycles. The number of carbonyl (C=O) groups is 1. The van der Waals surface area contributed by atoms with E-state index in [1.807, 2.05) is 38.1 Å². The summed E-state index contributed by atoms with van der Waals surface area (Å²) in [6.45, 7) is 3.83. The van der Waals surface area contributed by atoms with Gasteiger partial charge in [0.25, 0.3) is 0 Å². The molecular weight excluding hydrogens is 292 g/mol. The Kier molecular flexibility index (Phi) is 5.46. The largest absolute Gasteiger partial charge is 0.497 e. The molecule has 1 atom stereocenters. The number of carbonyl (C=O) groups excluding carboxylic acids is 1. The first-order valence-corrected chi connectivity index (χ1v) is 7.39. The van der Waals surface area contributed by atoms with Gasteiger partial charge < -0.3 is 20.1 Å². The molecule has 122 valence electrons. The van der Waals surface area contributed by atoms with Gasteiger partial charge in [-0.05, 0) is 38.1 Å². The molecule has 0 saturated carbocycles. The smallest absolute Gasteiger partial charge is 0.246 e. The van der Waals surface area contributed by atoms with Crippen LogP contribution in [0.25, 0.3) is 0 Å². The highest BCUT2D eigenvalue weighted by Gasteiger charge is 2.15. The van der Waals surface area contributed by atoms with Gasteiger partial charge in [-0.2, -0.15) is 0 Å². The molecule has 0 aliphatic heterocycles. The number of ether oxygens (including phenoxy) is 2. The average Bonchev–Trinajstić information content (AvgIpc) is 2.56. The summed E-state index contributed by atoms with van der Waals surface area (Å²) >= 11 is 0. The number of hydrogen-bond acceptors (Lipinski definition) is 4. The number of hydrogen-bond donors (Lipinski definition) is 2. The Morgan fingerprint density at radius 2 is 1.74 bits per heavy atom. The van der Waals surface area contributed by atoms with E-state index >= 15 is 0 Å². The summed E-state index contributed by atoms with van der Waals surface area (Å²) in [4.78, 5) is 12.4. The standard InChI is InChI=1S/C18H22N2O3/c1-12-5-7-14(8-6-12)19-13(2)18(21)20-16-11-15(22-3)9-10-17(16)23-4/h5-11,13,19H,1-4H3,(H,20,21). The van der Waals surface area contributed by atoms with E-state index in [4.69, 9.17) is 9.47 Å². The SMILES string of the molecule is COc1ccc(OC)c(NC(=O)C(C)Nc2ccc(C)cc2)c1. The number of rotatable bonds is 6. The first kappa shape index (κ1) is 16.7. The van der Waals surface area contributed by atoms with E-state index in [0.29, 0.717) is 17.2 Å². The van der Waals surface area contributed by atoms with Crippen LogP contribution < -0.4 is 20.1 Å². The fourth-order valence-corrected chi connectivity index (χ4v) is 2.12.